The largest absolute Gasteiger partial charge is 0.398 e. The number of nitrogen functional groups attached to an aromatic ring is 1. The lowest BCUT2D eigenvalue weighted by molar-refractivity contribution is 0.100. The van der Waals surface area contributed by atoms with Crippen molar-refractivity contribution in [1.82, 2.24) is 9.78 Å². The molecule has 19 heavy (non-hydrogen) atoms. The number of hydrogen-bond acceptors (Lipinski definition) is 4. The van der Waals surface area contributed by atoms with Crippen molar-refractivity contribution in [3.05, 3.63) is 42.2 Å². The summed E-state index contributed by atoms with van der Waals surface area (Å²) in [6, 6.07) is 7.07. The Morgan fingerprint density at radius 3 is 2.95 bits per heavy atom. The van der Waals surface area contributed by atoms with Gasteiger partial charge in [-0.05, 0) is 30.7 Å². The van der Waals surface area contributed by atoms with Gasteiger partial charge in [0, 0.05) is 36.9 Å². The lowest BCUT2D eigenvalue weighted by Crippen LogP contribution is -2.14. The molecule has 0 aliphatic rings. The Labute approximate surface area is 111 Å². The molecular weight excluding hydrogens is 242 g/mol. The van der Waals surface area contributed by atoms with Crippen molar-refractivity contribution < 1.29 is 4.79 Å². The molecule has 1 heterocycles. The van der Waals surface area contributed by atoms with E-state index in [0.29, 0.717) is 11.3 Å². The molecule has 0 aliphatic heterocycles. The van der Waals surface area contributed by atoms with Crippen molar-refractivity contribution in [3.8, 4) is 0 Å². The Balaban J connectivity index is 1.86. The molecule has 0 radical (unpaired) electrons. The SMILES string of the molecule is NC(=O)c1cc(NCCCn2cccn2)ccc1N. The number of benzene rings is 1. The van der Waals surface area contributed by atoms with Gasteiger partial charge in [0.2, 0.25) is 0 Å². The minimum absolute atomic E-state index is 0.345. The van der Waals surface area contributed by atoms with Gasteiger partial charge in [0.05, 0.1) is 5.56 Å². The van der Waals surface area contributed by atoms with Crippen molar-refractivity contribution in [2.75, 3.05) is 17.6 Å². The van der Waals surface area contributed by atoms with Crippen molar-refractivity contribution in [1.29, 1.82) is 0 Å². The number of carbonyl (C=O) groups excluding carboxylic acids is 1. The molecule has 1 amide bonds. The van der Waals surface area contributed by atoms with Crippen molar-refractivity contribution in [2.24, 2.45) is 5.73 Å². The smallest absolute Gasteiger partial charge is 0.250 e. The number of anilines is 2. The van der Waals surface area contributed by atoms with Gasteiger partial charge in [-0.25, -0.2) is 0 Å². The predicted molar refractivity (Wildman–Crippen MR) is 74.7 cm³/mol. The highest BCUT2D eigenvalue weighted by Crippen LogP contribution is 2.17. The van der Waals surface area contributed by atoms with E-state index in [4.69, 9.17) is 11.5 Å². The summed E-state index contributed by atoms with van der Waals surface area (Å²) >= 11 is 0. The van der Waals surface area contributed by atoms with Crippen LogP contribution < -0.4 is 16.8 Å². The van der Waals surface area contributed by atoms with Crippen LogP contribution in [0.15, 0.2) is 36.7 Å². The molecule has 0 spiro atoms. The number of amides is 1. The fourth-order valence-corrected chi connectivity index (χ4v) is 1.79. The highest BCUT2D eigenvalue weighted by Gasteiger charge is 2.06. The van der Waals surface area contributed by atoms with Gasteiger partial charge in [0.1, 0.15) is 0 Å². The fourth-order valence-electron chi connectivity index (χ4n) is 1.79. The molecule has 100 valence electrons. The zero-order chi connectivity index (χ0) is 13.7. The summed E-state index contributed by atoms with van der Waals surface area (Å²) in [5.74, 6) is -0.516. The number of rotatable bonds is 6. The number of hydrogen-bond donors (Lipinski definition) is 3. The lowest BCUT2D eigenvalue weighted by Gasteiger charge is -2.09. The van der Waals surface area contributed by atoms with Gasteiger partial charge >= 0.3 is 0 Å². The third-order valence-electron chi connectivity index (χ3n) is 2.77. The molecule has 0 unspecified atom stereocenters. The average molecular weight is 259 g/mol. The second kappa shape index (κ2) is 5.90. The minimum Gasteiger partial charge on any atom is -0.398 e. The lowest BCUT2D eigenvalue weighted by atomic mass is 10.1. The monoisotopic (exact) mass is 259 g/mol. The van der Waals surface area contributed by atoms with Crippen LogP contribution in [0.1, 0.15) is 16.8 Å². The van der Waals surface area contributed by atoms with Crippen LogP contribution in [0.2, 0.25) is 0 Å². The predicted octanol–water partition coefficient (Wildman–Crippen LogP) is 1.07. The zero-order valence-electron chi connectivity index (χ0n) is 10.5. The van der Waals surface area contributed by atoms with E-state index in [9.17, 15) is 4.79 Å². The van der Waals surface area contributed by atoms with E-state index in [2.05, 4.69) is 10.4 Å². The quantitative estimate of drug-likeness (QED) is 0.533. The first kappa shape index (κ1) is 12.9. The standard InChI is InChI=1S/C13H17N5O/c14-12-4-3-10(9-11(12)13(15)19)16-5-1-7-18-8-2-6-17-18/h2-4,6,8-9,16H,1,5,7,14H2,(H2,15,19). The molecule has 0 fully saturated rings. The first-order valence-corrected chi connectivity index (χ1v) is 6.07. The van der Waals surface area contributed by atoms with E-state index in [1.165, 1.54) is 0 Å². The maximum absolute atomic E-state index is 11.2. The van der Waals surface area contributed by atoms with Crippen molar-refractivity contribution in [2.45, 2.75) is 13.0 Å². The van der Waals surface area contributed by atoms with Crippen LogP contribution in [0.5, 0.6) is 0 Å². The number of carbonyl (C=O) groups is 1. The molecule has 0 saturated carbocycles. The molecule has 1 aromatic carbocycles. The van der Waals surface area contributed by atoms with Gasteiger partial charge in [-0.3, -0.25) is 9.48 Å². The summed E-state index contributed by atoms with van der Waals surface area (Å²) < 4.78 is 1.87. The molecular formula is C13H17N5O. The molecule has 6 nitrogen and oxygen atoms in total. The second-order valence-corrected chi connectivity index (χ2v) is 4.22. The molecule has 6 heteroatoms. The van der Waals surface area contributed by atoms with E-state index < -0.39 is 5.91 Å². The van der Waals surface area contributed by atoms with Crippen LogP contribution in [0.25, 0.3) is 0 Å². The molecule has 0 bridgehead atoms. The first-order valence-electron chi connectivity index (χ1n) is 6.07. The maximum Gasteiger partial charge on any atom is 0.250 e. The van der Waals surface area contributed by atoms with Gasteiger partial charge in [-0.15, -0.1) is 0 Å². The van der Waals surface area contributed by atoms with Crippen molar-refractivity contribution >= 4 is 17.3 Å². The molecule has 2 aromatic rings. The van der Waals surface area contributed by atoms with Gasteiger partial charge in [-0.1, -0.05) is 0 Å². The number of nitrogens with two attached hydrogens (primary N) is 2. The van der Waals surface area contributed by atoms with Gasteiger partial charge in [-0.2, -0.15) is 5.10 Å². The van der Waals surface area contributed by atoms with E-state index in [1.54, 1.807) is 18.3 Å². The summed E-state index contributed by atoms with van der Waals surface area (Å²) in [5, 5.41) is 7.35. The van der Waals surface area contributed by atoms with Crippen molar-refractivity contribution in [3.63, 3.8) is 0 Å². The Morgan fingerprint density at radius 1 is 1.42 bits per heavy atom. The maximum atomic E-state index is 11.2. The highest BCUT2D eigenvalue weighted by atomic mass is 16.1. The Bertz CT molecular complexity index is 550. The summed E-state index contributed by atoms with van der Waals surface area (Å²) in [6.07, 6.45) is 4.61. The fraction of sp³-hybridized carbons (Fsp3) is 0.231. The molecule has 5 N–H and O–H groups in total. The highest BCUT2D eigenvalue weighted by molar-refractivity contribution is 5.98. The van der Waals surface area contributed by atoms with Crippen LogP contribution in [-0.2, 0) is 6.54 Å². The van der Waals surface area contributed by atoms with Crippen LogP contribution in [-0.4, -0.2) is 22.2 Å². The number of nitrogens with one attached hydrogen (secondary N) is 1. The Hall–Kier alpha value is -2.50. The van der Waals surface area contributed by atoms with E-state index in [0.717, 1.165) is 25.2 Å². The minimum atomic E-state index is -0.516. The van der Waals surface area contributed by atoms with Crippen LogP contribution in [0.4, 0.5) is 11.4 Å². The Morgan fingerprint density at radius 2 is 2.26 bits per heavy atom. The molecule has 0 saturated heterocycles. The molecule has 1 aromatic heterocycles. The average Bonchev–Trinajstić information content (AvgIpc) is 2.89. The number of nitrogens with zero attached hydrogens (tertiary/aromatic N) is 2. The van der Waals surface area contributed by atoms with Gasteiger partial charge in [0.25, 0.3) is 5.91 Å². The normalized spacial score (nSPS) is 10.3. The molecule has 0 aliphatic carbocycles. The van der Waals surface area contributed by atoms with Gasteiger partial charge in [0.15, 0.2) is 0 Å². The van der Waals surface area contributed by atoms with Crippen LogP contribution >= 0.6 is 0 Å². The zero-order valence-corrected chi connectivity index (χ0v) is 10.5. The van der Waals surface area contributed by atoms with E-state index >= 15 is 0 Å². The number of aryl methyl sites for hydroxylation is 1. The third kappa shape index (κ3) is 3.48. The van der Waals surface area contributed by atoms with Gasteiger partial charge < -0.3 is 16.8 Å². The van der Waals surface area contributed by atoms with E-state index in [-0.39, 0.29) is 0 Å². The second-order valence-electron chi connectivity index (χ2n) is 4.22. The molecule has 0 atom stereocenters. The Kier molecular flexibility index (Phi) is 4.02. The summed E-state index contributed by atoms with van der Waals surface area (Å²) in [5.41, 5.74) is 12.5. The summed E-state index contributed by atoms with van der Waals surface area (Å²) in [6.45, 7) is 1.62. The molecule has 2 rings (SSSR count). The topological polar surface area (TPSA) is 99.0 Å². The first-order chi connectivity index (χ1) is 9.16. The van der Waals surface area contributed by atoms with Crippen LogP contribution in [0.3, 0.4) is 0 Å². The van der Waals surface area contributed by atoms with Crippen LogP contribution in [0, 0.1) is 0 Å². The third-order valence-corrected chi connectivity index (χ3v) is 2.77. The summed E-state index contributed by atoms with van der Waals surface area (Å²) in [7, 11) is 0. The summed E-state index contributed by atoms with van der Waals surface area (Å²) in [4.78, 5) is 11.2. The number of aromatic nitrogens is 2. The number of primary amides is 1. The van der Waals surface area contributed by atoms with E-state index in [1.807, 2.05) is 23.0 Å².